The van der Waals surface area contributed by atoms with Crippen molar-refractivity contribution in [2.75, 3.05) is 31.5 Å². The summed E-state index contributed by atoms with van der Waals surface area (Å²) in [4.78, 5) is 3.68. The fourth-order valence-corrected chi connectivity index (χ4v) is 3.14. The van der Waals surface area contributed by atoms with Crippen molar-refractivity contribution in [1.82, 2.24) is 4.90 Å². The van der Waals surface area contributed by atoms with Gasteiger partial charge in [-0.05, 0) is 24.4 Å². The molecule has 1 aliphatic heterocycles. The van der Waals surface area contributed by atoms with Crippen LogP contribution in [0.3, 0.4) is 0 Å². The summed E-state index contributed by atoms with van der Waals surface area (Å²) in [7, 11) is 0. The predicted octanol–water partition coefficient (Wildman–Crippen LogP) is 1.92. The SMILES string of the molecule is Fc1ccccc1NC(=S)N1CC[NH+](Cc2ccccc2)CC1. The lowest BCUT2D eigenvalue weighted by Gasteiger charge is -2.34. The second-order valence-electron chi connectivity index (χ2n) is 5.81. The van der Waals surface area contributed by atoms with Crippen LogP contribution in [0.2, 0.25) is 0 Å². The number of anilines is 1. The molecule has 2 aromatic carbocycles. The average molecular weight is 330 g/mol. The van der Waals surface area contributed by atoms with Crippen molar-refractivity contribution >= 4 is 23.0 Å². The average Bonchev–Trinajstić information content (AvgIpc) is 2.58. The number of nitrogens with zero attached hydrogens (tertiary/aromatic N) is 1. The minimum absolute atomic E-state index is 0.275. The molecule has 0 atom stereocenters. The summed E-state index contributed by atoms with van der Waals surface area (Å²) in [6.45, 7) is 4.90. The molecule has 1 heterocycles. The summed E-state index contributed by atoms with van der Waals surface area (Å²) in [6.07, 6.45) is 0. The van der Waals surface area contributed by atoms with Gasteiger partial charge in [0, 0.05) is 5.56 Å². The molecule has 0 bridgehead atoms. The van der Waals surface area contributed by atoms with E-state index in [1.54, 1.807) is 23.1 Å². The second kappa shape index (κ2) is 7.53. The summed E-state index contributed by atoms with van der Waals surface area (Å²) in [5, 5.41) is 3.62. The fraction of sp³-hybridized carbons (Fsp3) is 0.278. The van der Waals surface area contributed by atoms with Crippen LogP contribution >= 0.6 is 12.2 Å². The van der Waals surface area contributed by atoms with E-state index >= 15 is 0 Å². The third kappa shape index (κ3) is 4.27. The van der Waals surface area contributed by atoms with Gasteiger partial charge in [-0.2, -0.15) is 0 Å². The highest BCUT2D eigenvalue weighted by Gasteiger charge is 2.22. The van der Waals surface area contributed by atoms with E-state index in [4.69, 9.17) is 12.2 Å². The van der Waals surface area contributed by atoms with Gasteiger partial charge >= 0.3 is 0 Å². The van der Waals surface area contributed by atoms with Crippen molar-refractivity contribution in [3.8, 4) is 0 Å². The number of para-hydroxylation sites is 1. The molecule has 1 saturated heterocycles. The van der Waals surface area contributed by atoms with Crippen LogP contribution in [-0.2, 0) is 6.54 Å². The molecular formula is C18H21FN3S+. The van der Waals surface area contributed by atoms with Crippen LogP contribution in [0.25, 0.3) is 0 Å². The number of quaternary nitrogens is 1. The lowest BCUT2D eigenvalue weighted by Crippen LogP contribution is -3.13. The van der Waals surface area contributed by atoms with Crippen LogP contribution in [0.4, 0.5) is 10.1 Å². The monoisotopic (exact) mass is 330 g/mol. The third-order valence-corrected chi connectivity index (χ3v) is 4.53. The van der Waals surface area contributed by atoms with Gasteiger partial charge in [-0.1, -0.05) is 42.5 Å². The Bertz CT molecular complexity index is 654. The van der Waals surface area contributed by atoms with Crippen molar-refractivity contribution in [2.24, 2.45) is 0 Å². The number of hydrogen-bond donors (Lipinski definition) is 2. The van der Waals surface area contributed by atoms with Crippen LogP contribution < -0.4 is 10.2 Å². The second-order valence-corrected chi connectivity index (χ2v) is 6.20. The molecule has 0 saturated carbocycles. The number of halogens is 1. The maximum Gasteiger partial charge on any atom is 0.173 e. The van der Waals surface area contributed by atoms with Gasteiger partial charge in [0.1, 0.15) is 12.4 Å². The zero-order chi connectivity index (χ0) is 16.1. The quantitative estimate of drug-likeness (QED) is 0.839. The van der Waals surface area contributed by atoms with E-state index in [9.17, 15) is 4.39 Å². The summed E-state index contributed by atoms with van der Waals surface area (Å²) < 4.78 is 13.7. The predicted molar refractivity (Wildman–Crippen MR) is 95.0 cm³/mol. The first-order valence-corrected chi connectivity index (χ1v) is 8.31. The summed E-state index contributed by atoms with van der Waals surface area (Å²) in [5.41, 5.74) is 1.81. The Morgan fingerprint density at radius 2 is 1.70 bits per heavy atom. The molecule has 0 aromatic heterocycles. The number of thiocarbonyl (C=S) groups is 1. The molecule has 23 heavy (non-hydrogen) atoms. The molecule has 0 spiro atoms. The van der Waals surface area contributed by atoms with Crippen LogP contribution in [-0.4, -0.2) is 36.2 Å². The molecule has 3 rings (SSSR count). The number of benzene rings is 2. The molecule has 5 heteroatoms. The van der Waals surface area contributed by atoms with E-state index < -0.39 is 0 Å². The highest BCUT2D eigenvalue weighted by Crippen LogP contribution is 2.13. The van der Waals surface area contributed by atoms with Gasteiger partial charge in [-0.3, -0.25) is 0 Å². The van der Waals surface area contributed by atoms with Gasteiger partial charge in [0.2, 0.25) is 0 Å². The Balaban J connectivity index is 1.50. The maximum atomic E-state index is 13.7. The van der Waals surface area contributed by atoms with Gasteiger partial charge < -0.3 is 15.1 Å². The van der Waals surface area contributed by atoms with Crippen LogP contribution in [0.5, 0.6) is 0 Å². The number of hydrogen-bond acceptors (Lipinski definition) is 1. The minimum atomic E-state index is -0.275. The molecule has 0 amide bonds. The number of piperazine rings is 1. The van der Waals surface area contributed by atoms with E-state index in [1.165, 1.54) is 11.6 Å². The Hall–Kier alpha value is -1.98. The van der Waals surface area contributed by atoms with Crippen LogP contribution in [0.15, 0.2) is 54.6 Å². The maximum absolute atomic E-state index is 13.7. The molecule has 3 nitrogen and oxygen atoms in total. The Morgan fingerprint density at radius 3 is 2.39 bits per heavy atom. The molecule has 0 aliphatic carbocycles. The molecule has 1 fully saturated rings. The first-order chi connectivity index (χ1) is 11.2. The number of rotatable bonds is 3. The molecule has 120 valence electrons. The standard InChI is InChI=1S/C18H20FN3S/c19-16-8-4-5-9-17(16)20-18(23)22-12-10-21(11-13-22)14-15-6-2-1-3-7-15/h1-9H,10-14H2,(H,20,23)/p+1. The molecule has 2 aromatic rings. The van der Waals surface area contributed by atoms with E-state index in [2.05, 4.69) is 34.5 Å². The highest BCUT2D eigenvalue weighted by atomic mass is 32.1. The van der Waals surface area contributed by atoms with Crippen molar-refractivity contribution in [1.29, 1.82) is 0 Å². The highest BCUT2D eigenvalue weighted by molar-refractivity contribution is 7.80. The van der Waals surface area contributed by atoms with Gasteiger partial charge in [0.05, 0.1) is 31.9 Å². The smallest absolute Gasteiger partial charge is 0.173 e. The zero-order valence-corrected chi connectivity index (χ0v) is 13.8. The fourth-order valence-electron chi connectivity index (χ4n) is 2.84. The lowest BCUT2D eigenvalue weighted by atomic mass is 10.2. The van der Waals surface area contributed by atoms with E-state index in [0.29, 0.717) is 10.8 Å². The lowest BCUT2D eigenvalue weighted by molar-refractivity contribution is -0.917. The topological polar surface area (TPSA) is 19.7 Å². The first-order valence-electron chi connectivity index (χ1n) is 7.90. The van der Waals surface area contributed by atoms with E-state index in [1.807, 2.05) is 6.07 Å². The molecule has 0 unspecified atom stereocenters. The van der Waals surface area contributed by atoms with Crippen molar-refractivity contribution in [2.45, 2.75) is 6.54 Å². The third-order valence-electron chi connectivity index (χ3n) is 4.17. The van der Waals surface area contributed by atoms with Gasteiger partial charge in [0.25, 0.3) is 0 Å². The molecule has 1 aliphatic rings. The summed E-state index contributed by atoms with van der Waals surface area (Å²) >= 11 is 5.42. The van der Waals surface area contributed by atoms with Gasteiger partial charge in [-0.15, -0.1) is 0 Å². The van der Waals surface area contributed by atoms with Crippen LogP contribution in [0, 0.1) is 5.82 Å². The Labute approximate surface area is 141 Å². The molecule has 2 N–H and O–H groups in total. The minimum Gasteiger partial charge on any atom is -0.338 e. The Morgan fingerprint density at radius 1 is 1.04 bits per heavy atom. The summed E-state index contributed by atoms with van der Waals surface area (Å²) in [6, 6.07) is 17.2. The van der Waals surface area contributed by atoms with Gasteiger partial charge in [-0.25, -0.2) is 4.39 Å². The molecule has 0 radical (unpaired) electrons. The summed E-state index contributed by atoms with van der Waals surface area (Å²) in [5.74, 6) is -0.275. The van der Waals surface area contributed by atoms with Crippen molar-refractivity contribution < 1.29 is 9.29 Å². The number of nitrogens with one attached hydrogen (secondary N) is 2. The normalized spacial score (nSPS) is 15.4. The molecular weight excluding hydrogens is 309 g/mol. The van der Waals surface area contributed by atoms with Crippen LogP contribution in [0.1, 0.15) is 5.56 Å². The largest absolute Gasteiger partial charge is 0.338 e. The van der Waals surface area contributed by atoms with Crippen molar-refractivity contribution in [3.63, 3.8) is 0 Å². The van der Waals surface area contributed by atoms with E-state index in [-0.39, 0.29) is 5.82 Å². The van der Waals surface area contributed by atoms with E-state index in [0.717, 1.165) is 32.7 Å². The van der Waals surface area contributed by atoms with Crippen molar-refractivity contribution in [3.05, 3.63) is 66.0 Å². The Kier molecular flexibility index (Phi) is 5.20. The first kappa shape index (κ1) is 15.9. The zero-order valence-electron chi connectivity index (χ0n) is 13.0. The van der Waals surface area contributed by atoms with Gasteiger partial charge in [0.15, 0.2) is 5.11 Å².